The van der Waals surface area contributed by atoms with E-state index in [2.05, 4.69) is 5.10 Å². The van der Waals surface area contributed by atoms with Crippen LogP contribution in [-0.4, -0.2) is 13.7 Å². The third kappa shape index (κ3) is 3.31. The van der Waals surface area contributed by atoms with Gasteiger partial charge in [-0.25, -0.2) is 0 Å². The first-order valence-electron chi connectivity index (χ1n) is 2.72. The second-order valence-corrected chi connectivity index (χ2v) is 4.82. The zero-order valence-electron chi connectivity index (χ0n) is 5.59. The maximum absolute atomic E-state index is 12.5. The Morgan fingerprint density at radius 2 is 2.36 bits per heavy atom. The Bertz CT molecular complexity index is 245. The van der Waals surface area contributed by atoms with Gasteiger partial charge in [0.1, 0.15) is 0 Å². The number of thioether (sulfide) groups is 1. The number of aryl methyl sites for hydroxylation is 1. The van der Waals surface area contributed by atoms with Crippen LogP contribution in [0.15, 0.2) is 17.3 Å². The van der Waals surface area contributed by atoms with E-state index in [-0.39, 0.29) is 0 Å². The summed E-state index contributed by atoms with van der Waals surface area (Å²) in [7, 11) is 1.73. The average Bonchev–Trinajstić information content (AvgIpc) is 2.10. The molecular weight excluding hydrogens is 210 g/mol. The highest BCUT2D eigenvalue weighted by Gasteiger charge is 2.24. The topological polar surface area (TPSA) is 17.8 Å². The van der Waals surface area contributed by atoms with E-state index >= 15 is 0 Å². The number of rotatable bonds is 2. The molecule has 0 saturated heterocycles. The summed E-state index contributed by atoms with van der Waals surface area (Å²) < 4.78 is 11.8. The molecule has 1 rings (SSSR count). The van der Waals surface area contributed by atoms with Crippen molar-refractivity contribution in [3.63, 3.8) is 0 Å². The lowest BCUT2D eigenvalue weighted by Crippen LogP contribution is -1.93. The predicted molar refractivity (Wildman–Crippen MR) is 44.6 cm³/mol. The Morgan fingerprint density at radius 1 is 1.73 bits per heavy atom. The average molecular weight is 215 g/mol. The fraction of sp³-hybridized carbons (Fsp3) is 0.400. The minimum atomic E-state index is -2.27. The molecule has 1 heterocycles. The van der Waals surface area contributed by atoms with E-state index in [1.807, 2.05) is 0 Å². The summed E-state index contributed by atoms with van der Waals surface area (Å²) in [4.78, 5) is 0.597. The van der Waals surface area contributed by atoms with E-state index in [4.69, 9.17) is 23.2 Å². The molecule has 0 amide bonds. The van der Waals surface area contributed by atoms with Crippen molar-refractivity contribution in [2.75, 3.05) is 0 Å². The van der Waals surface area contributed by atoms with Crippen LogP contribution in [0.25, 0.3) is 0 Å². The molecule has 0 atom stereocenters. The number of hydrogen-bond acceptors (Lipinski definition) is 2. The van der Waals surface area contributed by atoms with Crippen LogP contribution >= 0.6 is 35.0 Å². The first-order chi connectivity index (χ1) is 4.97. The van der Waals surface area contributed by atoms with E-state index in [0.717, 1.165) is 0 Å². The lowest BCUT2D eigenvalue weighted by molar-refractivity contribution is 0.516. The molecule has 0 N–H and O–H groups in total. The number of alkyl halides is 3. The van der Waals surface area contributed by atoms with Crippen LogP contribution in [0, 0.1) is 0 Å². The SMILES string of the molecule is Cn1cc(SC(F)(Cl)Cl)cn1. The van der Waals surface area contributed by atoms with Gasteiger partial charge in [-0.05, 0) is 11.8 Å². The molecule has 0 aliphatic rings. The normalized spacial score (nSPS) is 12.0. The van der Waals surface area contributed by atoms with Crippen molar-refractivity contribution in [2.24, 2.45) is 7.05 Å². The number of nitrogens with zero attached hydrogens (tertiary/aromatic N) is 2. The smallest absolute Gasteiger partial charge is 0.275 e. The van der Waals surface area contributed by atoms with Crippen molar-refractivity contribution in [1.29, 1.82) is 0 Å². The fourth-order valence-corrected chi connectivity index (χ4v) is 1.69. The summed E-state index contributed by atoms with van der Waals surface area (Å²) >= 11 is 10.9. The monoisotopic (exact) mass is 214 g/mol. The van der Waals surface area contributed by atoms with Crippen molar-refractivity contribution in [3.05, 3.63) is 12.4 Å². The maximum atomic E-state index is 12.5. The molecule has 0 fully saturated rings. The molecule has 0 unspecified atom stereocenters. The Morgan fingerprint density at radius 3 is 2.73 bits per heavy atom. The lowest BCUT2D eigenvalue weighted by atomic mass is 10.7. The molecule has 0 radical (unpaired) electrons. The van der Waals surface area contributed by atoms with Gasteiger partial charge in [-0.2, -0.15) is 9.49 Å². The summed E-state index contributed by atoms with van der Waals surface area (Å²) in [5.41, 5.74) is 0. The number of halogens is 3. The van der Waals surface area contributed by atoms with Crippen molar-refractivity contribution in [2.45, 2.75) is 8.81 Å². The van der Waals surface area contributed by atoms with Crippen LogP contribution in [0.1, 0.15) is 0 Å². The number of aromatic nitrogens is 2. The third-order valence-electron chi connectivity index (χ3n) is 0.915. The molecule has 0 spiro atoms. The first-order valence-corrected chi connectivity index (χ1v) is 4.29. The Balaban J connectivity index is 2.65. The quantitative estimate of drug-likeness (QED) is 0.557. The summed E-state index contributed by atoms with van der Waals surface area (Å²) in [5, 5.41) is 3.81. The predicted octanol–water partition coefficient (Wildman–Crippen LogP) is 2.57. The van der Waals surface area contributed by atoms with Gasteiger partial charge in [0.05, 0.1) is 11.1 Å². The van der Waals surface area contributed by atoms with Gasteiger partial charge < -0.3 is 0 Å². The largest absolute Gasteiger partial charge is 0.309 e. The van der Waals surface area contributed by atoms with Crippen LogP contribution in [0.4, 0.5) is 4.39 Å². The highest BCUT2D eigenvalue weighted by Crippen LogP contribution is 2.40. The third-order valence-corrected chi connectivity index (χ3v) is 2.06. The van der Waals surface area contributed by atoms with Gasteiger partial charge in [0.15, 0.2) is 0 Å². The van der Waals surface area contributed by atoms with E-state index in [9.17, 15) is 4.39 Å². The minimum Gasteiger partial charge on any atom is -0.275 e. The fourth-order valence-electron chi connectivity index (χ4n) is 0.585. The first kappa shape index (κ1) is 9.16. The van der Waals surface area contributed by atoms with Crippen LogP contribution < -0.4 is 0 Å². The highest BCUT2D eigenvalue weighted by atomic mass is 35.5. The molecule has 0 saturated carbocycles. The molecule has 6 heteroatoms. The summed E-state index contributed by atoms with van der Waals surface area (Å²) in [6.45, 7) is 0. The van der Waals surface area contributed by atoms with E-state index in [0.29, 0.717) is 16.7 Å². The highest BCUT2D eigenvalue weighted by molar-refractivity contribution is 8.03. The van der Waals surface area contributed by atoms with E-state index < -0.39 is 3.92 Å². The van der Waals surface area contributed by atoms with Gasteiger partial charge in [-0.1, -0.05) is 23.2 Å². The second kappa shape index (κ2) is 3.21. The molecule has 0 aliphatic heterocycles. The van der Waals surface area contributed by atoms with Gasteiger partial charge in [0.2, 0.25) is 0 Å². The molecule has 1 aromatic rings. The second-order valence-electron chi connectivity index (χ2n) is 1.90. The van der Waals surface area contributed by atoms with Crippen LogP contribution in [0.2, 0.25) is 0 Å². The van der Waals surface area contributed by atoms with Crippen molar-refractivity contribution < 1.29 is 4.39 Å². The zero-order valence-corrected chi connectivity index (χ0v) is 7.92. The van der Waals surface area contributed by atoms with E-state index in [1.165, 1.54) is 6.20 Å². The van der Waals surface area contributed by atoms with Gasteiger partial charge >= 0.3 is 3.92 Å². The Labute approximate surface area is 77.7 Å². The molecule has 0 aromatic carbocycles. The molecule has 2 nitrogen and oxygen atoms in total. The summed E-state index contributed by atoms with van der Waals surface area (Å²) in [6, 6.07) is 0. The van der Waals surface area contributed by atoms with Crippen LogP contribution in [-0.2, 0) is 7.05 Å². The standard InChI is InChI=1S/C5H5Cl2FN2S/c1-10-3-4(2-9-10)11-5(6,7)8/h2-3H,1H3. The van der Waals surface area contributed by atoms with E-state index in [1.54, 1.807) is 17.9 Å². The van der Waals surface area contributed by atoms with Gasteiger partial charge in [-0.3, -0.25) is 4.68 Å². The van der Waals surface area contributed by atoms with Crippen molar-refractivity contribution >= 4 is 35.0 Å². The number of hydrogen-bond donors (Lipinski definition) is 0. The van der Waals surface area contributed by atoms with Gasteiger partial charge in [-0.15, -0.1) is 0 Å². The zero-order chi connectivity index (χ0) is 8.48. The van der Waals surface area contributed by atoms with Crippen molar-refractivity contribution in [3.8, 4) is 0 Å². The van der Waals surface area contributed by atoms with Gasteiger partial charge in [0, 0.05) is 13.2 Å². The molecule has 62 valence electrons. The van der Waals surface area contributed by atoms with Crippen LogP contribution in [0.3, 0.4) is 0 Å². The van der Waals surface area contributed by atoms with Crippen molar-refractivity contribution in [1.82, 2.24) is 9.78 Å². The summed E-state index contributed by atoms with van der Waals surface area (Å²) in [6.07, 6.45) is 3.12. The molecule has 11 heavy (non-hydrogen) atoms. The maximum Gasteiger partial charge on any atom is 0.309 e. The molecule has 0 aliphatic carbocycles. The Kier molecular flexibility index (Phi) is 2.67. The molecular formula is C5H5Cl2FN2S. The Hall–Kier alpha value is 0.0700. The molecule has 1 aromatic heterocycles. The van der Waals surface area contributed by atoms with Gasteiger partial charge in [0.25, 0.3) is 0 Å². The lowest BCUT2D eigenvalue weighted by Gasteiger charge is -2.04. The molecule has 0 bridgehead atoms. The summed E-state index contributed by atoms with van der Waals surface area (Å²) in [5.74, 6) is 0. The van der Waals surface area contributed by atoms with Crippen LogP contribution in [0.5, 0.6) is 0 Å². The minimum absolute atomic E-state index is 0.597.